The van der Waals surface area contributed by atoms with Crippen LogP contribution in [0.1, 0.15) is 19.4 Å². The van der Waals surface area contributed by atoms with E-state index in [-0.39, 0.29) is 11.5 Å². The van der Waals surface area contributed by atoms with Crippen molar-refractivity contribution in [2.24, 2.45) is 14.1 Å². The fourth-order valence-corrected chi connectivity index (χ4v) is 3.66. The summed E-state index contributed by atoms with van der Waals surface area (Å²) in [5.74, 6) is -0.175. The standard InChI is InChI=1S/C24H23N3O3/c1-24(2,17-10-9-15-7-5-6-8-16(15)13-17)22(29)25-18-11-12-19-20(14-18)26(3)23(30)27(4)21(19)28/h5-14H,1-4H3,(H,25,29). The van der Waals surface area contributed by atoms with Gasteiger partial charge in [-0.3, -0.25) is 18.7 Å². The lowest BCUT2D eigenvalue weighted by Gasteiger charge is -2.25. The summed E-state index contributed by atoms with van der Waals surface area (Å²) >= 11 is 0. The first-order valence-corrected chi connectivity index (χ1v) is 9.70. The van der Waals surface area contributed by atoms with Crippen LogP contribution in [-0.2, 0) is 24.3 Å². The monoisotopic (exact) mass is 401 g/mol. The fraction of sp³-hybridized carbons (Fsp3) is 0.208. The van der Waals surface area contributed by atoms with Gasteiger partial charge in [-0.25, -0.2) is 4.79 Å². The van der Waals surface area contributed by atoms with Crippen LogP contribution in [0.5, 0.6) is 0 Å². The lowest BCUT2D eigenvalue weighted by Crippen LogP contribution is -2.37. The Balaban J connectivity index is 1.70. The van der Waals surface area contributed by atoms with E-state index >= 15 is 0 Å². The van der Waals surface area contributed by atoms with Crippen molar-refractivity contribution in [3.63, 3.8) is 0 Å². The number of anilines is 1. The summed E-state index contributed by atoms with van der Waals surface area (Å²) in [7, 11) is 3.06. The van der Waals surface area contributed by atoms with E-state index in [0.29, 0.717) is 16.6 Å². The Morgan fingerprint density at radius 1 is 0.867 bits per heavy atom. The zero-order chi connectivity index (χ0) is 21.6. The van der Waals surface area contributed by atoms with Crippen molar-refractivity contribution in [1.29, 1.82) is 0 Å². The van der Waals surface area contributed by atoms with Gasteiger partial charge in [0.15, 0.2) is 0 Å². The number of carbonyl (C=O) groups is 1. The van der Waals surface area contributed by atoms with Crippen LogP contribution in [0.25, 0.3) is 21.7 Å². The van der Waals surface area contributed by atoms with Crippen molar-refractivity contribution < 1.29 is 4.79 Å². The second-order valence-corrected chi connectivity index (χ2v) is 8.08. The Morgan fingerprint density at radius 3 is 2.30 bits per heavy atom. The quantitative estimate of drug-likeness (QED) is 0.572. The Hall–Kier alpha value is -3.67. The van der Waals surface area contributed by atoms with Gasteiger partial charge in [-0.1, -0.05) is 42.5 Å². The van der Waals surface area contributed by atoms with E-state index in [2.05, 4.69) is 5.32 Å². The van der Waals surface area contributed by atoms with Crippen LogP contribution < -0.4 is 16.6 Å². The second kappa shape index (κ2) is 6.99. The summed E-state index contributed by atoms with van der Waals surface area (Å²) in [6.07, 6.45) is 0. The molecule has 0 aliphatic carbocycles. The molecule has 1 N–H and O–H groups in total. The highest BCUT2D eigenvalue weighted by atomic mass is 16.2. The molecule has 1 amide bonds. The molecular weight excluding hydrogens is 378 g/mol. The predicted molar refractivity (Wildman–Crippen MR) is 120 cm³/mol. The van der Waals surface area contributed by atoms with Crippen LogP contribution in [0.3, 0.4) is 0 Å². The molecule has 0 aliphatic heterocycles. The number of hydrogen-bond donors (Lipinski definition) is 1. The molecule has 0 aliphatic rings. The van der Waals surface area contributed by atoms with Gasteiger partial charge in [0.1, 0.15) is 0 Å². The van der Waals surface area contributed by atoms with Gasteiger partial charge < -0.3 is 5.32 Å². The van der Waals surface area contributed by atoms with Gasteiger partial charge in [0.2, 0.25) is 5.91 Å². The van der Waals surface area contributed by atoms with Crippen LogP contribution in [-0.4, -0.2) is 15.0 Å². The third-order valence-corrected chi connectivity index (χ3v) is 5.76. The third kappa shape index (κ3) is 3.10. The molecule has 3 aromatic carbocycles. The number of rotatable bonds is 3. The summed E-state index contributed by atoms with van der Waals surface area (Å²) in [5.41, 5.74) is 0.363. The minimum Gasteiger partial charge on any atom is -0.325 e. The molecule has 0 bridgehead atoms. The van der Waals surface area contributed by atoms with Crippen LogP contribution in [0, 0.1) is 0 Å². The molecule has 0 saturated heterocycles. The van der Waals surface area contributed by atoms with Gasteiger partial charge in [-0.15, -0.1) is 0 Å². The number of fused-ring (bicyclic) bond motifs is 2. The van der Waals surface area contributed by atoms with Crippen LogP contribution >= 0.6 is 0 Å². The van der Waals surface area contributed by atoms with E-state index < -0.39 is 11.1 Å². The molecule has 6 heteroatoms. The summed E-state index contributed by atoms with van der Waals surface area (Å²) in [6, 6.07) is 19.0. The van der Waals surface area contributed by atoms with Gasteiger partial charge >= 0.3 is 5.69 Å². The van der Waals surface area contributed by atoms with E-state index in [1.165, 1.54) is 11.6 Å². The van der Waals surface area contributed by atoms with Crippen molar-refractivity contribution in [1.82, 2.24) is 9.13 Å². The maximum absolute atomic E-state index is 13.1. The van der Waals surface area contributed by atoms with E-state index in [1.807, 2.05) is 56.3 Å². The average Bonchev–Trinajstić information content (AvgIpc) is 2.75. The zero-order valence-electron chi connectivity index (χ0n) is 17.4. The minimum absolute atomic E-state index is 0.175. The molecular formula is C24H23N3O3. The van der Waals surface area contributed by atoms with Crippen LogP contribution in [0.4, 0.5) is 5.69 Å². The Labute approximate surface area is 173 Å². The van der Waals surface area contributed by atoms with Gasteiger partial charge in [0.25, 0.3) is 5.56 Å². The van der Waals surface area contributed by atoms with E-state index in [9.17, 15) is 14.4 Å². The highest BCUT2D eigenvalue weighted by molar-refractivity contribution is 6.00. The normalized spacial score (nSPS) is 11.7. The number of aryl methyl sites for hydroxylation is 1. The van der Waals surface area contributed by atoms with E-state index in [0.717, 1.165) is 20.9 Å². The van der Waals surface area contributed by atoms with Crippen molar-refractivity contribution in [3.8, 4) is 0 Å². The van der Waals surface area contributed by atoms with Gasteiger partial charge in [0, 0.05) is 19.8 Å². The van der Waals surface area contributed by atoms with Crippen molar-refractivity contribution >= 4 is 33.3 Å². The molecule has 0 spiro atoms. The first-order valence-electron chi connectivity index (χ1n) is 9.70. The molecule has 0 radical (unpaired) electrons. The topological polar surface area (TPSA) is 73.1 Å². The molecule has 4 rings (SSSR count). The molecule has 0 fully saturated rings. The molecule has 152 valence electrons. The van der Waals surface area contributed by atoms with E-state index in [1.54, 1.807) is 25.2 Å². The number of nitrogens with zero attached hydrogens (tertiary/aromatic N) is 2. The second-order valence-electron chi connectivity index (χ2n) is 8.08. The molecule has 0 saturated carbocycles. The molecule has 1 heterocycles. The predicted octanol–water partition coefficient (Wildman–Crippen LogP) is 3.31. The van der Waals surface area contributed by atoms with E-state index in [4.69, 9.17) is 0 Å². The Morgan fingerprint density at radius 2 is 1.57 bits per heavy atom. The highest BCUT2D eigenvalue weighted by Gasteiger charge is 2.30. The van der Waals surface area contributed by atoms with Gasteiger partial charge in [0.05, 0.1) is 16.3 Å². The number of benzene rings is 3. The first-order chi connectivity index (χ1) is 14.2. The number of carbonyl (C=O) groups excluding carboxylic acids is 1. The van der Waals surface area contributed by atoms with Crippen LogP contribution in [0.2, 0.25) is 0 Å². The molecule has 4 aromatic rings. The minimum atomic E-state index is -0.780. The number of amides is 1. The van der Waals surface area contributed by atoms with Gasteiger partial charge in [-0.05, 0) is 48.4 Å². The van der Waals surface area contributed by atoms with Crippen LogP contribution in [0.15, 0.2) is 70.3 Å². The third-order valence-electron chi connectivity index (χ3n) is 5.76. The fourth-order valence-electron chi connectivity index (χ4n) is 3.66. The number of aromatic nitrogens is 2. The Bertz CT molecular complexity index is 1430. The zero-order valence-corrected chi connectivity index (χ0v) is 17.4. The van der Waals surface area contributed by atoms with Crippen molar-refractivity contribution in [2.75, 3.05) is 5.32 Å². The molecule has 6 nitrogen and oxygen atoms in total. The maximum Gasteiger partial charge on any atom is 0.330 e. The summed E-state index contributed by atoms with van der Waals surface area (Å²) < 4.78 is 2.48. The SMILES string of the molecule is Cn1c(=O)c2ccc(NC(=O)C(C)(C)c3ccc4ccccc4c3)cc2n(C)c1=O. The lowest BCUT2D eigenvalue weighted by molar-refractivity contribution is -0.120. The lowest BCUT2D eigenvalue weighted by atomic mass is 9.82. The largest absolute Gasteiger partial charge is 0.330 e. The molecule has 0 atom stereocenters. The van der Waals surface area contributed by atoms with Crippen molar-refractivity contribution in [3.05, 3.63) is 87.1 Å². The maximum atomic E-state index is 13.1. The number of hydrogen-bond acceptors (Lipinski definition) is 3. The molecule has 30 heavy (non-hydrogen) atoms. The first kappa shape index (κ1) is 19.6. The summed E-state index contributed by atoms with van der Waals surface area (Å²) in [4.78, 5) is 37.7. The molecule has 0 unspecified atom stereocenters. The summed E-state index contributed by atoms with van der Waals surface area (Å²) in [6.45, 7) is 3.75. The highest BCUT2D eigenvalue weighted by Crippen LogP contribution is 2.28. The number of nitrogens with one attached hydrogen (secondary N) is 1. The summed E-state index contributed by atoms with van der Waals surface area (Å²) in [5, 5.41) is 5.56. The molecule has 1 aromatic heterocycles. The smallest absolute Gasteiger partial charge is 0.325 e. The average molecular weight is 401 g/mol. The van der Waals surface area contributed by atoms with Crippen molar-refractivity contribution in [2.45, 2.75) is 19.3 Å². The Kier molecular flexibility index (Phi) is 4.57. The van der Waals surface area contributed by atoms with Gasteiger partial charge in [-0.2, -0.15) is 0 Å².